The summed E-state index contributed by atoms with van der Waals surface area (Å²) in [6.07, 6.45) is 3.91. The molecule has 2 aromatic rings. The Morgan fingerprint density at radius 1 is 1.41 bits per heavy atom. The summed E-state index contributed by atoms with van der Waals surface area (Å²) >= 11 is 0. The van der Waals surface area contributed by atoms with Gasteiger partial charge in [0.25, 0.3) is 0 Å². The summed E-state index contributed by atoms with van der Waals surface area (Å²) in [6.45, 7) is 0. The third-order valence-electron chi connectivity index (χ3n) is 4.39. The summed E-state index contributed by atoms with van der Waals surface area (Å²) in [6, 6.07) is 7.74. The van der Waals surface area contributed by atoms with Crippen molar-refractivity contribution in [3.63, 3.8) is 0 Å². The minimum atomic E-state index is -0.0142. The van der Waals surface area contributed by atoms with Gasteiger partial charge in [-0.1, -0.05) is 17.3 Å². The maximum atomic E-state index is 12.4. The first-order chi connectivity index (χ1) is 10.8. The molecule has 2 fully saturated rings. The van der Waals surface area contributed by atoms with Crippen molar-refractivity contribution in [3.05, 3.63) is 35.7 Å². The number of rotatable bonds is 4. The largest absolute Gasteiger partial charge is 0.374 e. The average Bonchev–Trinajstić information content (AvgIpc) is 3.25. The number of aromatic nitrogens is 4. The van der Waals surface area contributed by atoms with Crippen LogP contribution in [0.25, 0.3) is 0 Å². The lowest BCUT2D eigenvalue weighted by atomic mass is 9.88. The van der Waals surface area contributed by atoms with Gasteiger partial charge in [-0.15, -0.1) is 10.2 Å². The summed E-state index contributed by atoms with van der Waals surface area (Å²) in [5.74, 6) is 0.675. The smallest absolute Gasteiger partial charge is 0.230 e. The van der Waals surface area contributed by atoms with Crippen LogP contribution in [0, 0.1) is 5.92 Å². The summed E-state index contributed by atoms with van der Waals surface area (Å²) in [5.41, 5.74) is 1.83. The first-order valence-electron chi connectivity index (χ1n) is 7.55. The van der Waals surface area contributed by atoms with Crippen molar-refractivity contribution in [2.75, 3.05) is 5.32 Å². The van der Waals surface area contributed by atoms with Crippen molar-refractivity contribution in [3.8, 4) is 0 Å². The van der Waals surface area contributed by atoms with Gasteiger partial charge in [0.2, 0.25) is 5.91 Å². The molecule has 7 heteroatoms. The Kier molecular flexibility index (Phi) is 3.34. The van der Waals surface area contributed by atoms with E-state index in [0.717, 1.165) is 30.5 Å². The molecule has 1 aromatic heterocycles. The van der Waals surface area contributed by atoms with Crippen molar-refractivity contribution in [2.45, 2.75) is 37.9 Å². The van der Waals surface area contributed by atoms with Crippen LogP contribution in [0.5, 0.6) is 0 Å². The van der Waals surface area contributed by atoms with Crippen molar-refractivity contribution in [1.82, 2.24) is 20.6 Å². The number of aromatic amines is 1. The zero-order chi connectivity index (χ0) is 14.9. The molecule has 22 heavy (non-hydrogen) atoms. The van der Waals surface area contributed by atoms with Gasteiger partial charge in [0.15, 0.2) is 5.82 Å². The number of amides is 1. The molecule has 2 saturated heterocycles. The van der Waals surface area contributed by atoms with Gasteiger partial charge in [0, 0.05) is 12.1 Å². The summed E-state index contributed by atoms with van der Waals surface area (Å²) in [7, 11) is 0. The molecular weight excluding hydrogens is 282 g/mol. The topological polar surface area (TPSA) is 92.8 Å². The minimum Gasteiger partial charge on any atom is -0.374 e. The standard InChI is InChI=1S/C15H17N5O2/c21-15(12-8-11-4-5-13(12)22-11)16-10-3-1-2-9(6-10)7-14-17-19-20-18-14/h1-3,6,11-13H,4-5,7-8H2,(H,16,21)(H,17,18,19,20)/t11-,12-,13+/m1/s1. The maximum absolute atomic E-state index is 12.4. The number of ether oxygens (including phenoxy) is 1. The zero-order valence-electron chi connectivity index (χ0n) is 12.0. The Labute approximate surface area is 127 Å². The number of nitrogens with zero attached hydrogens (tertiary/aromatic N) is 3. The number of benzene rings is 1. The lowest BCUT2D eigenvalue weighted by Gasteiger charge is -2.18. The second-order valence-corrected chi connectivity index (χ2v) is 5.91. The predicted octanol–water partition coefficient (Wildman–Crippen LogP) is 1.30. The Bertz CT molecular complexity index is 672. The molecule has 0 radical (unpaired) electrons. The molecule has 3 heterocycles. The van der Waals surface area contributed by atoms with E-state index in [4.69, 9.17) is 4.74 Å². The number of hydrogen-bond acceptors (Lipinski definition) is 5. The molecule has 2 N–H and O–H groups in total. The third kappa shape index (κ3) is 2.59. The highest BCUT2D eigenvalue weighted by atomic mass is 16.5. The number of nitrogens with one attached hydrogen (secondary N) is 2. The van der Waals surface area contributed by atoms with E-state index in [1.54, 1.807) is 0 Å². The van der Waals surface area contributed by atoms with Crippen molar-refractivity contribution in [2.24, 2.45) is 5.92 Å². The fourth-order valence-electron chi connectivity index (χ4n) is 3.35. The first-order valence-corrected chi connectivity index (χ1v) is 7.55. The van der Waals surface area contributed by atoms with Crippen LogP contribution in [0.4, 0.5) is 5.69 Å². The van der Waals surface area contributed by atoms with Gasteiger partial charge in [-0.3, -0.25) is 4.79 Å². The van der Waals surface area contributed by atoms with Crippen molar-refractivity contribution in [1.29, 1.82) is 0 Å². The fraction of sp³-hybridized carbons (Fsp3) is 0.467. The van der Waals surface area contributed by atoms with E-state index >= 15 is 0 Å². The molecule has 0 aliphatic carbocycles. The van der Waals surface area contributed by atoms with Gasteiger partial charge in [-0.2, -0.15) is 5.21 Å². The van der Waals surface area contributed by atoms with E-state index in [0.29, 0.717) is 12.2 Å². The van der Waals surface area contributed by atoms with Crippen LogP contribution in [-0.4, -0.2) is 38.7 Å². The van der Waals surface area contributed by atoms with Crippen LogP contribution >= 0.6 is 0 Å². The molecule has 3 atom stereocenters. The van der Waals surface area contributed by atoms with Gasteiger partial charge in [0.1, 0.15) is 0 Å². The first kappa shape index (κ1) is 13.4. The van der Waals surface area contributed by atoms with Gasteiger partial charge in [-0.05, 0) is 37.0 Å². The number of carbonyl (C=O) groups is 1. The molecule has 7 nitrogen and oxygen atoms in total. The number of anilines is 1. The predicted molar refractivity (Wildman–Crippen MR) is 78.1 cm³/mol. The highest BCUT2D eigenvalue weighted by molar-refractivity contribution is 5.93. The number of H-pyrrole nitrogens is 1. The Hall–Kier alpha value is -2.28. The van der Waals surface area contributed by atoms with Gasteiger partial charge >= 0.3 is 0 Å². The second-order valence-electron chi connectivity index (χ2n) is 5.91. The normalized spacial score (nSPS) is 26.3. The van der Waals surface area contributed by atoms with Crippen LogP contribution in [0.2, 0.25) is 0 Å². The Balaban J connectivity index is 1.43. The van der Waals surface area contributed by atoms with E-state index in [9.17, 15) is 4.79 Å². The third-order valence-corrected chi connectivity index (χ3v) is 4.39. The SMILES string of the molecule is O=C(Nc1cccc(Cc2nn[nH]n2)c1)[C@@H]1C[C@H]2CC[C@@H]1O2. The number of hydrogen-bond donors (Lipinski definition) is 2. The van der Waals surface area contributed by atoms with E-state index in [1.165, 1.54) is 0 Å². The van der Waals surface area contributed by atoms with Gasteiger partial charge in [0.05, 0.1) is 18.1 Å². The molecule has 0 unspecified atom stereocenters. The fourth-order valence-corrected chi connectivity index (χ4v) is 3.35. The lowest BCUT2D eigenvalue weighted by Crippen LogP contribution is -2.30. The molecule has 2 aliphatic heterocycles. The van der Waals surface area contributed by atoms with E-state index in [1.807, 2.05) is 24.3 Å². The molecule has 114 valence electrons. The molecule has 0 saturated carbocycles. The van der Waals surface area contributed by atoms with Crippen LogP contribution in [0.3, 0.4) is 0 Å². The maximum Gasteiger partial charge on any atom is 0.230 e. The molecule has 2 bridgehead atoms. The zero-order valence-corrected chi connectivity index (χ0v) is 12.0. The van der Waals surface area contributed by atoms with E-state index < -0.39 is 0 Å². The van der Waals surface area contributed by atoms with Crippen LogP contribution < -0.4 is 5.32 Å². The second kappa shape index (κ2) is 5.49. The van der Waals surface area contributed by atoms with Crippen molar-refractivity contribution < 1.29 is 9.53 Å². The number of fused-ring (bicyclic) bond motifs is 2. The highest BCUT2D eigenvalue weighted by Crippen LogP contribution is 2.39. The summed E-state index contributed by atoms with van der Waals surface area (Å²) in [4.78, 5) is 12.4. The Morgan fingerprint density at radius 3 is 3.09 bits per heavy atom. The quantitative estimate of drug-likeness (QED) is 0.887. The molecule has 4 rings (SSSR count). The summed E-state index contributed by atoms with van der Waals surface area (Å²) in [5, 5.41) is 16.9. The van der Waals surface area contributed by atoms with Crippen LogP contribution in [0.1, 0.15) is 30.7 Å². The summed E-state index contributed by atoms with van der Waals surface area (Å²) < 4.78 is 5.75. The van der Waals surface area contributed by atoms with Gasteiger partial charge < -0.3 is 10.1 Å². The molecule has 1 amide bonds. The highest BCUT2D eigenvalue weighted by Gasteiger charge is 2.44. The number of tetrazole rings is 1. The van der Waals surface area contributed by atoms with Crippen LogP contribution in [-0.2, 0) is 16.0 Å². The monoisotopic (exact) mass is 299 g/mol. The molecular formula is C15H17N5O2. The Morgan fingerprint density at radius 2 is 2.36 bits per heavy atom. The average molecular weight is 299 g/mol. The minimum absolute atomic E-state index is 0.0142. The van der Waals surface area contributed by atoms with Crippen molar-refractivity contribution >= 4 is 11.6 Å². The molecule has 2 aliphatic rings. The van der Waals surface area contributed by atoms with E-state index in [-0.39, 0.29) is 24.0 Å². The molecule has 0 spiro atoms. The molecule has 1 aromatic carbocycles. The van der Waals surface area contributed by atoms with E-state index in [2.05, 4.69) is 25.9 Å². The van der Waals surface area contributed by atoms with Gasteiger partial charge in [-0.25, -0.2) is 0 Å². The number of carbonyl (C=O) groups excluding carboxylic acids is 1. The van der Waals surface area contributed by atoms with Crippen LogP contribution in [0.15, 0.2) is 24.3 Å². The lowest BCUT2D eigenvalue weighted by molar-refractivity contribution is -0.121.